The van der Waals surface area contributed by atoms with Gasteiger partial charge >= 0.3 is 5.97 Å². The average molecular weight is 385 g/mol. The fraction of sp³-hybridized carbons (Fsp3) is 0.609. The van der Waals surface area contributed by atoms with Crippen molar-refractivity contribution in [3.05, 3.63) is 35.5 Å². The van der Waals surface area contributed by atoms with Gasteiger partial charge in [0.1, 0.15) is 0 Å². The Balaban J connectivity index is 1.51. The molecule has 1 heterocycles. The van der Waals surface area contributed by atoms with Crippen LogP contribution < -0.4 is 5.32 Å². The first-order chi connectivity index (χ1) is 13.5. The van der Waals surface area contributed by atoms with Gasteiger partial charge in [0.05, 0.1) is 18.8 Å². The van der Waals surface area contributed by atoms with E-state index in [1.54, 1.807) is 0 Å². The molecule has 4 rings (SSSR count). The van der Waals surface area contributed by atoms with E-state index in [1.165, 1.54) is 32.8 Å². The summed E-state index contributed by atoms with van der Waals surface area (Å²) in [7, 11) is 1.45. The largest absolute Gasteiger partial charge is 0.465 e. The minimum absolute atomic E-state index is 0.0946. The first-order valence-corrected chi connectivity index (χ1v) is 10.6. The van der Waals surface area contributed by atoms with Gasteiger partial charge in [-0.25, -0.2) is 4.79 Å². The van der Waals surface area contributed by atoms with Gasteiger partial charge in [-0.2, -0.15) is 0 Å². The van der Waals surface area contributed by atoms with E-state index in [2.05, 4.69) is 22.9 Å². The number of aromatic nitrogens is 1. The molecule has 0 aliphatic heterocycles. The van der Waals surface area contributed by atoms with E-state index in [9.17, 15) is 9.90 Å². The predicted octanol–water partition coefficient (Wildman–Crippen LogP) is 3.97. The first kappa shape index (κ1) is 19.5. The van der Waals surface area contributed by atoms with Crippen molar-refractivity contribution < 1.29 is 14.6 Å². The number of rotatable bonds is 5. The lowest BCUT2D eigenvalue weighted by molar-refractivity contribution is 0.0533. The summed E-state index contributed by atoms with van der Waals surface area (Å²) in [5, 5.41) is 14.2. The van der Waals surface area contributed by atoms with Crippen LogP contribution >= 0.6 is 0 Å². The van der Waals surface area contributed by atoms with Gasteiger partial charge < -0.3 is 19.7 Å². The summed E-state index contributed by atoms with van der Waals surface area (Å²) in [6.45, 7) is 4.33. The topological polar surface area (TPSA) is 63.5 Å². The van der Waals surface area contributed by atoms with Crippen LogP contribution in [-0.4, -0.2) is 40.9 Å². The van der Waals surface area contributed by atoms with Crippen LogP contribution in [0.15, 0.2) is 24.3 Å². The number of nitrogens with one attached hydrogen (secondary N) is 1. The molecular formula is C23H32N2O3. The number of hydrogen-bond acceptors (Lipinski definition) is 4. The molecule has 2 aliphatic carbocycles. The van der Waals surface area contributed by atoms with Crippen molar-refractivity contribution in [2.45, 2.75) is 76.6 Å². The lowest BCUT2D eigenvalue weighted by atomic mass is 9.80. The number of esters is 1. The molecule has 2 N–H and O–H groups in total. The molecule has 1 aromatic carbocycles. The van der Waals surface area contributed by atoms with Crippen LogP contribution in [-0.2, 0) is 4.74 Å². The minimum atomic E-state index is -0.254. The third-order valence-corrected chi connectivity index (χ3v) is 6.99. The van der Waals surface area contributed by atoms with Crippen molar-refractivity contribution >= 4 is 16.9 Å². The Hall–Kier alpha value is -1.85. The van der Waals surface area contributed by atoms with E-state index in [4.69, 9.17) is 4.74 Å². The number of hydrogen-bond donors (Lipinski definition) is 2. The van der Waals surface area contributed by atoms with Crippen LogP contribution in [0.4, 0.5) is 0 Å². The Bertz CT molecular complexity index is 845. The van der Waals surface area contributed by atoms with Crippen LogP contribution in [0.3, 0.4) is 0 Å². The number of aliphatic hydroxyl groups is 1. The highest BCUT2D eigenvalue weighted by Crippen LogP contribution is 2.38. The monoisotopic (exact) mass is 384 g/mol. The van der Waals surface area contributed by atoms with Crippen molar-refractivity contribution in [2.24, 2.45) is 5.92 Å². The van der Waals surface area contributed by atoms with E-state index in [0.29, 0.717) is 29.6 Å². The fourth-order valence-corrected chi connectivity index (χ4v) is 5.31. The molecule has 5 nitrogen and oxygen atoms in total. The lowest BCUT2D eigenvalue weighted by Gasteiger charge is -2.39. The van der Waals surface area contributed by atoms with Crippen molar-refractivity contribution in [1.29, 1.82) is 0 Å². The molecule has 152 valence electrons. The van der Waals surface area contributed by atoms with Gasteiger partial charge in [0.2, 0.25) is 0 Å². The van der Waals surface area contributed by atoms with Crippen molar-refractivity contribution in [3.63, 3.8) is 0 Å². The molecule has 0 saturated heterocycles. The molecule has 2 fully saturated rings. The number of benzene rings is 1. The molecule has 5 heteroatoms. The molecule has 0 radical (unpaired) electrons. The molecular weight excluding hydrogens is 352 g/mol. The number of methoxy groups -OCH3 is 1. The number of fused-ring (bicyclic) bond motifs is 1. The summed E-state index contributed by atoms with van der Waals surface area (Å²) in [4.78, 5) is 12.4. The lowest BCUT2D eigenvalue weighted by Crippen LogP contribution is -2.49. The van der Waals surface area contributed by atoms with Crippen LogP contribution in [0.1, 0.15) is 67.5 Å². The standard InChI is InChI=1S/C23H32N2O3/c1-14(16-8-10-17(11-9-16)24-18-12-19(26)13-18)25-15(2)22(23(27)28-3)20-6-4-5-7-21(20)25/h4-7,14,16-19,24,26H,8-13H2,1-3H3/t14-,16?,17?,18-,19+/m1/s1. The second-order valence-corrected chi connectivity index (χ2v) is 8.68. The normalized spacial score (nSPS) is 28.7. The highest BCUT2D eigenvalue weighted by molar-refractivity contribution is 6.05. The zero-order chi connectivity index (χ0) is 19.8. The number of nitrogens with zero attached hydrogens (tertiary/aromatic N) is 1. The summed E-state index contributed by atoms with van der Waals surface area (Å²) < 4.78 is 7.41. The Morgan fingerprint density at radius 3 is 2.50 bits per heavy atom. The van der Waals surface area contributed by atoms with Crippen molar-refractivity contribution in [2.75, 3.05) is 7.11 Å². The van der Waals surface area contributed by atoms with Gasteiger partial charge in [0.25, 0.3) is 0 Å². The number of aliphatic hydroxyl groups excluding tert-OH is 1. The molecule has 28 heavy (non-hydrogen) atoms. The zero-order valence-corrected chi connectivity index (χ0v) is 17.1. The third kappa shape index (κ3) is 3.46. The Morgan fingerprint density at radius 2 is 1.86 bits per heavy atom. The molecule has 0 unspecified atom stereocenters. The Kier molecular flexibility index (Phi) is 5.48. The van der Waals surface area contributed by atoms with Crippen LogP contribution in [0.25, 0.3) is 10.9 Å². The Morgan fingerprint density at radius 1 is 1.18 bits per heavy atom. The van der Waals surface area contributed by atoms with Gasteiger partial charge in [-0.15, -0.1) is 0 Å². The van der Waals surface area contributed by atoms with Crippen LogP contribution in [0.2, 0.25) is 0 Å². The van der Waals surface area contributed by atoms with Gasteiger partial charge in [0, 0.05) is 34.7 Å². The number of para-hydroxylation sites is 1. The molecule has 2 aromatic rings. The van der Waals surface area contributed by atoms with E-state index >= 15 is 0 Å². The molecule has 2 aliphatic rings. The maximum atomic E-state index is 12.4. The highest BCUT2D eigenvalue weighted by Gasteiger charge is 2.33. The second kappa shape index (κ2) is 7.88. The molecule has 2 saturated carbocycles. The number of carbonyl (C=O) groups excluding carboxylic acids is 1. The number of ether oxygens (including phenoxy) is 1. The average Bonchev–Trinajstić information content (AvgIpc) is 2.98. The summed E-state index contributed by atoms with van der Waals surface area (Å²) in [5.41, 5.74) is 2.82. The van der Waals surface area contributed by atoms with Gasteiger partial charge in [-0.05, 0) is 64.4 Å². The summed E-state index contributed by atoms with van der Waals surface area (Å²) in [6.07, 6.45) is 6.46. The quantitative estimate of drug-likeness (QED) is 0.766. The zero-order valence-electron chi connectivity index (χ0n) is 17.1. The second-order valence-electron chi connectivity index (χ2n) is 8.68. The molecule has 0 spiro atoms. The molecule has 0 amide bonds. The van der Waals surface area contributed by atoms with Gasteiger partial charge in [-0.3, -0.25) is 0 Å². The van der Waals surface area contributed by atoms with E-state index in [0.717, 1.165) is 29.4 Å². The van der Waals surface area contributed by atoms with Crippen molar-refractivity contribution in [1.82, 2.24) is 9.88 Å². The van der Waals surface area contributed by atoms with Crippen molar-refractivity contribution in [3.8, 4) is 0 Å². The number of carbonyl (C=O) groups is 1. The predicted molar refractivity (Wildman–Crippen MR) is 111 cm³/mol. The first-order valence-electron chi connectivity index (χ1n) is 10.6. The maximum absolute atomic E-state index is 12.4. The minimum Gasteiger partial charge on any atom is -0.465 e. The van der Waals surface area contributed by atoms with Crippen LogP contribution in [0, 0.1) is 12.8 Å². The Labute approximate surface area is 167 Å². The van der Waals surface area contributed by atoms with Crippen LogP contribution in [0.5, 0.6) is 0 Å². The fourth-order valence-electron chi connectivity index (χ4n) is 5.31. The smallest absolute Gasteiger partial charge is 0.340 e. The molecule has 1 atom stereocenters. The van der Waals surface area contributed by atoms with E-state index in [1.807, 2.05) is 25.1 Å². The third-order valence-electron chi connectivity index (χ3n) is 6.99. The summed E-state index contributed by atoms with van der Waals surface area (Å²) >= 11 is 0. The summed E-state index contributed by atoms with van der Waals surface area (Å²) in [6, 6.07) is 9.58. The van der Waals surface area contributed by atoms with Gasteiger partial charge in [-0.1, -0.05) is 18.2 Å². The van der Waals surface area contributed by atoms with Gasteiger partial charge in [0.15, 0.2) is 0 Å². The maximum Gasteiger partial charge on any atom is 0.340 e. The molecule has 0 bridgehead atoms. The van der Waals surface area contributed by atoms with E-state index in [-0.39, 0.29) is 12.1 Å². The SMILES string of the molecule is COC(=O)c1c(C)n([C@H](C)C2CCC(N[C@H]3C[C@@H](O)C3)CC2)c2ccccc12. The molecule has 1 aromatic heterocycles. The summed E-state index contributed by atoms with van der Waals surface area (Å²) in [5.74, 6) is 0.347. The highest BCUT2D eigenvalue weighted by atomic mass is 16.5. The van der Waals surface area contributed by atoms with E-state index < -0.39 is 0 Å².